The van der Waals surface area contributed by atoms with Gasteiger partial charge in [0.1, 0.15) is 22.8 Å². The van der Waals surface area contributed by atoms with Gasteiger partial charge in [-0.1, -0.05) is 23.7 Å². The Hall–Kier alpha value is -3.31. The number of pyridine rings is 1. The van der Waals surface area contributed by atoms with E-state index in [4.69, 9.17) is 11.6 Å². The molecule has 0 saturated heterocycles. The summed E-state index contributed by atoms with van der Waals surface area (Å²) in [6, 6.07) is 6.85. The largest absolute Gasteiger partial charge is 0.417 e. The number of halogens is 5. The minimum Gasteiger partial charge on any atom is -0.362 e. The number of rotatable bonds is 4. The van der Waals surface area contributed by atoms with Gasteiger partial charge in [-0.15, -0.1) is 21.5 Å². The van der Waals surface area contributed by atoms with Crippen LogP contribution in [0, 0.1) is 5.82 Å². The van der Waals surface area contributed by atoms with Crippen LogP contribution in [0.15, 0.2) is 48.2 Å². The highest BCUT2D eigenvalue weighted by Gasteiger charge is 2.32. The SMILES string of the molecule is Fc1ccc(-c2csc3ncnc(NCc4nnc5c(Cl)cc(C(F)(F)F)cn45)c23)cc1. The number of fused-ring (bicyclic) bond motifs is 2. The smallest absolute Gasteiger partial charge is 0.362 e. The molecule has 0 unspecified atom stereocenters. The summed E-state index contributed by atoms with van der Waals surface area (Å²) in [6.07, 6.45) is -2.27. The van der Waals surface area contributed by atoms with E-state index in [2.05, 4.69) is 25.5 Å². The van der Waals surface area contributed by atoms with Crippen LogP contribution < -0.4 is 5.32 Å². The van der Waals surface area contributed by atoms with Gasteiger partial charge >= 0.3 is 6.18 Å². The van der Waals surface area contributed by atoms with Crippen molar-refractivity contribution in [1.29, 1.82) is 0 Å². The Morgan fingerprint density at radius 2 is 1.88 bits per heavy atom. The van der Waals surface area contributed by atoms with E-state index in [1.165, 1.54) is 34.2 Å². The fourth-order valence-electron chi connectivity index (χ4n) is 3.29. The lowest BCUT2D eigenvalue weighted by Crippen LogP contribution is -2.10. The Labute approximate surface area is 186 Å². The van der Waals surface area contributed by atoms with Gasteiger partial charge in [0.25, 0.3) is 0 Å². The van der Waals surface area contributed by atoms with E-state index in [1.807, 2.05) is 5.38 Å². The fourth-order valence-corrected chi connectivity index (χ4v) is 4.45. The third kappa shape index (κ3) is 3.63. The Kier molecular flexibility index (Phi) is 4.94. The number of nitrogens with zero attached hydrogens (tertiary/aromatic N) is 5. The van der Waals surface area contributed by atoms with E-state index in [0.29, 0.717) is 16.0 Å². The molecule has 0 atom stereocenters. The first kappa shape index (κ1) is 20.6. The van der Waals surface area contributed by atoms with E-state index < -0.39 is 11.7 Å². The summed E-state index contributed by atoms with van der Waals surface area (Å²) in [5, 5.41) is 13.4. The zero-order chi connectivity index (χ0) is 22.5. The van der Waals surface area contributed by atoms with Gasteiger partial charge in [-0.2, -0.15) is 13.2 Å². The summed E-state index contributed by atoms with van der Waals surface area (Å²) < 4.78 is 54.1. The maximum absolute atomic E-state index is 13.3. The van der Waals surface area contributed by atoms with E-state index in [-0.39, 0.29) is 28.9 Å². The quantitative estimate of drug-likeness (QED) is 0.329. The molecule has 6 nitrogen and oxygen atoms in total. The van der Waals surface area contributed by atoms with Crippen LogP contribution in [-0.4, -0.2) is 24.6 Å². The summed E-state index contributed by atoms with van der Waals surface area (Å²) in [7, 11) is 0. The lowest BCUT2D eigenvalue weighted by molar-refractivity contribution is -0.137. The molecular formula is C20H11ClF4N6S. The molecule has 0 aliphatic heterocycles. The first-order valence-corrected chi connectivity index (χ1v) is 10.4. The number of nitrogens with one attached hydrogen (secondary N) is 1. The van der Waals surface area contributed by atoms with Crippen LogP contribution in [-0.2, 0) is 12.7 Å². The molecule has 1 N–H and O–H groups in total. The predicted molar refractivity (Wildman–Crippen MR) is 113 cm³/mol. The average Bonchev–Trinajstić information content (AvgIpc) is 3.37. The second-order valence-electron chi connectivity index (χ2n) is 6.80. The summed E-state index contributed by atoms with van der Waals surface area (Å²) in [5.41, 5.74) is 0.801. The zero-order valence-electron chi connectivity index (χ0n) is 15.9. The molecule has 162 valence electrons. The van der Waals surface area contributed by atoms with Gasteiger partial charge in [-0.25, -0.2) is 14.4 Å². The van der Waals surface area contributed by atoms with Crippen LogP contribution in [0.4, 0.5) is 23.4 Å². The topological polar surface area (TPSA) is 68.0 Å². The molecule has 0 saturated carbocycles. The number of aromatic nitrogens is 5. The fraction of sp³-hybridized carbons (Fsp3) is 0.100. The van der Waals surface area contributed by atoms with E-state index in [0.717, 1.165) is 23.4 Å². The number of hydrogen-bond donors (Lipinski definition) is 1. The molecule has 0 fully saturated rings. The molecular weight excluding hydrogens is 468 g/mol. The lowest BCUT2D eigenvalue weighted by atomic mass is 10.1. The molecule has 5 aromatic rings. The molecule has 12 heteroatoms. The van der Waals surface area contributed by atoms with Crippen LogP contribution in [0.2, 0.25) is 5.02 Å². The van der Waals surface area contributed by atoms with Crippen LogP contribution in [0.25, 0.3) is 27.0 Å². The van der Waals surface area contributed by atoms with Crippen LogP contribution >= 0.6 is 22.9 Å². The number of hydrogen-bond acceptors (Lipinski definition) is 6. The molecule has 4 heterocycles. The number of benzene rings is 1. The first-order valence-electron chi connectivity index (χ1n) is 9.13. The zero-order valence-corrected chi connectivity index (χ0v) is 17.4. The predicted octanol–water partition coefficient (Wildman–Crippen LogP) is 5.82. The van der Waals surface area contributed by atoms with Crippen molar-refractivity contribution in [3.63, 3.8) is 0 Å². The van der Waals surface area contributed by atoms with Crippen LogP contribution in [0.3, 0.4) is 0 Å². The second kappa shape index (κ2) is 7.68. The molecule has 0 aliphatic carbocycles. The van der Waals surface area contributed by atoms with Crippen molar-refractivity contribution in [2.24, 2.45) is 0 Å². The third-order valence-corrected chi connectivity index (χ3v) is 5.96. The Morgan fingerprint density at radius 1 is 1.09 bits per heavy atom. The molecule has 0 aliphatic rings. The first-order chi connectivity index (χ1) is 15.3. The maximum Gasteiger partial charge on any atom is 0.417 e. The van der Waals surface area contributed by atoms with Crippen molar-refractivity contribution in [2.75, 3.05) is 5.32 Å². The van der Waals surface area contributed by atoms with Crippen molar-refractivity contribution >= 4 is 44.6 Å². The number of alkyl halides is 3. The van der Waals surface area contributed by atoms with Gasteiger partial charge in [0.05, 0.1) is 22.5 Å². The van der Waals surface area contributed by atoms with Crippen molar-refractivity contribution in [2.45, 2.75) is 12.7 Å². The summed E-state index contributed by atoms with van der Waals surface area (Å²) in [5.74, 6) is 0.335. The highest BCUT2D eigenvalue weighted by molar-refractivity contribution is 7.17. The van der Waals surface area contributed by atoms with Crippen LogP contribution in [0.5, 0.6) is 0 Å². The molecule has 0 bridgehead atoms. The molecule has 0 radical (unpaired) electrons. The van der Waals surface area contributed by atoms with Gasteiger partial charge in [-0.3, -0.25) is 4.40 Å². The van der Waals surface area contributed by atoms with Gasteiger partial charge in [-0.05, 0) is 23.8 Å². The van der Waals surface area contributed by atoms with Crippen molar-refractivity contribution in [3.8, 4) is 11.1 Å². The Balaban J connectivity index is 1.52. The van der Waals surface area contributed by atoms with Gasteiger partial charge in [0, 0.05) is 17.1 Å². The average molecular weight is 479 g/mol. The summed E-state index contributed by atoms with van der Waals surface area (Å²) in [6.45, 7) is 0.0314. The molecule has 4 aromatic heterocycles. The summed E-state index contributed by atoms with van der Waals surface area (Å²) >= 11 is 7.37. The van der Waals surface area contributed by atoms with E-state index >= 15 is 0 Å². The molecule has 5 rings (SSSR count). The number of thiophene rings is 1. The molecule has 32 heavy (non-hydrogen) atoms. The molecule has 0 spiro atoms. The summed E-state index contributed by atoms with van der Waals surface area (Å²) in [4.78, 5) is 9.26. The Bertz CT molecular complexity index is 1440. The van der Waals surface area contributed by atoms with Crippen LogP contribution in [0.1, 0.15) is 11.4 Å². The maximum atomic E-state index is 13.3. The van der Waals surface area contributed by atoms with E-state index in [1.54, 1.807) is 12.1 Å². The minimum absolute atomic E-state index is 0.0314. The van der Waals surface area contributed by atoms with Crippen molar-refractivity contribution in [3.05, 3.63) is 70.5 Å². The highest BCUT2D eigenvalue weighted by atomic mass is 35.5. The highest BCUT2D eigenvalue weighted by Crippen LogP contribution is 2.37. The second-order valence-corrected chi connectivity index (χ2v) is 8.06. The van der Waals surface area contributed by atoms with Gasteiger partial charge < -0.3 is 5.32 Å². The van der Waals surface area contributed by atoms with Gasteiger partial charge in [0.2, 0.25) is 0 Å². The van der Waals surface area contributed by atoms with Crippen molar-refractivity contribution in [1.82, 2.24) is 24.6 Å². The van der Waals surface area contributed by atoms with Gasteiger partial charge in [0.15, 0.2) is 11.5 Å². The number of anilines is 1. The Morgan fingerprint density at radius 3 is 2.62 bits per heavy atom. The normalized spacial score (nSPS) is 12.0. The van der Waals surface area contributed by atoms with E-state index in [9.17, 15) is 17.6 Å². The molecule has 1 aromatic carbocycles. The molecule has 0 amide bonds. The monoisotopic (exact) mass is 478 g/mol. The standard InChI is InChI=1S/C20H11ClF4N6S/c21-14-5-11(20(23,24)25)7-31-15(29-30-18(14)31)6-26-17-16-13(8-32-19(16)28-9-27-17)10-1-3-12(22)4-2-10/h1-5,7-9H,6H2,(H,26,27,28). The minimum atomic E-state index is -4.56. The third-order valence-electron chi connectivity index (χ3n) is 4.80. The lowest BCUT2D eigenvalue weighted by Gasteiger charge is -2.10. The van der Waals surface area contributed by atoms with Crippen molar-refractivity contribution < 1.29 is 17.6 Å².